The van der Waals surface area contributed by atoms with Gasteiger partial charge in [0.2, 0.25) is 15.9 Å². The normalized spacial score (nSPS) is 20.5. The molecular formula is C19H29N3O3S2. The Morgan fingerprint density at radius 3 is 2.44 bits per heavy atom. The van der Waals surface area contributed by atoms with Gasteiger partial charge >= 0.3 is 0 Å². The summed E-state index contributed by atoms with van der Waals surface area (Å²) in [5.41, 5.74) is 3.20. The Bertz CT molecular complexity index is 768. The van der Waals surface area contributed by atoms with Crippen LogP contribution in [0.2, 0.25) is 0 Å². The lowest BCUT2D eigenvalue weighted by atomic mass is 9.97. The molecule has 27 heavy (non-hydrogen) atoms. The molecule has 0 aromatic heterocycles. The molecule has 0 radical (unpaired) electrons. The Labute approximate surface area is 166 Å². The predicted octanol–water partition coefficient (Wildman–Crippen LogP) is 2.15. The number of hydrogen-bond donors (Lipinski definition) is 1. The Morgan fingerprint density at radius 1 is 1.19 bits per heavy atom. The highest BCUT2D eigenvalue weighted by atomic mass is 32.2. The van der Waals surface area contributed by atoms with E-state index in [-0.39, 0.29) is 11.8 Å². The van der Waals surface area contributed by atoms with Crippen molar-refractivity contribution in [3.05, 3.63) is 29.3 Å². The summed E-state index contributed by atoms with van der Waals surface area (Å²) >= 11 is 2.01. The first kappa shape index (κ1) is 20.6. The van der Waals surface area contributed by atoms with Crippen LogP contribution in [0, 0.1) is 12.8 Å². The molecule has 1 N–H and O–H groups in total. The Hall–Kier alpha value is -1.09. The molecule has 6 nitrogen and oxygen atoms in total. The first-order chi connectivity index (χ1) is 12.8. The molecule has 0 atom stereocenters. The molecule has 2 aliphatic heterocycles. The van der Waals surface area contributed by atoms with E-state index < -0.39 is 10.0 Å². The quantitative estimate of drug-likeness (QED) is 0.804. The fourth-order valence-electron chi connectivity index (χ4n) is 3.67. The summed E-state index contributed by atoms with van der Waals surface area (Å²) in [4.78, 5) is 15.1. The third-order valence-corrected chi connectivity index (χ3v) is 7.60. The fourth-order valence-corrected chi connectivity index (χ4v) is 5.52. The van der Waals surface area contributed by atoms with Crippen molar-refractivity contribution in [1.82, 2.24) is 9.21 Å². The van der Waals surface area contributed by atoms with Gasteiger partial charge in [0.25, 0.3) is 0 Å². The van der Waals surface area contributed by atoms with Crippen LogP contribution < -0.4 is 5.32 Å². The summed E-state index contributed by atoms with van der Waals surface area (Å²) < 4.78 is 24.6. The molecule has 0 saturated carbocycles. The van der Waals surface area contributed by atoms with Crippen molar-refractivity contribution < 1.29 is 13.2 Å². The van der Waals surface area contributed by atoms with Gasteiger partial charge in [-0.25, -0.2) is 12.7 Å². The van der Waals surface area contributed by atoms with Crippen LogP contribution in [0.1, 0.15) is 24.0 Å². The van der Waals surface area contributed by atoms with Crippen LogP contribution in [-0.4, -0.2) is 67.5 Å². The first-order valence-electron chi connectivity index (χ1n) is 9.48. The van der Waals surface area contributed by atoms with Gasteiger partial charge in [-0.3, -0.25) is 9.69 Å². The zero-order chi connectivity index (χ0) is 19.4. The number of hydrogen-bond acceptors (Lipinski definition) is 5. The molecule has 8 heteroatoms. The van der Waals surface area contributed by atoms with Gasteiger partial charge in [-0.05, 0) is 37.0 Å². The lowest BCUT2D eigenvalue weighted by molar-refractivity contribution is -0.120. The van der Waals surface area contributed by atoms with E-state index in [0.29, 0.717) is 25.9 Å². The van der Waals surface area contributed by atoms with Crippen LogP contribution in [0.25, 0.3) is 0 Å². The molecule has 0 unspecified atom stereocenters. The third kappa shape index (κ3) is 5.70. The van der Waals surface area contributed by atoms with E-state index in [1.807, 2.05) is 24.8 Å². The number of nitrogens with zero attached hydrogens (tertiary/aromatic N) is 2. The topological polar surface area (TPSA) is 69.7 Å². The van der Waals surface area contributed by atoms with Crippen LogP contribution in [0.3, 0.4) is 0 Å². The van der Waals surface area contributed by atoms with Crippen molar-refractivity contribution >= 4 is 33.4 Å². The largest absolute Gasteiger partial charge is 0.326 e. The van der Waals surface area contributed by atoms with E-state index in [0.717, 1.165) is 30.9 Å². The minimum atomic E-state index is -3.16. The molecule has 0 bridgehead atoms. The summed E-state index contributed by atoms with van der Waals surface area (Å²) in [5, 5.41) is 3.04. The number of sulfonamides is 1. The molecule has 2 aliphatic rings. The first-order valence-corrected chi connectivity index (χ1v) is 12.5. The van der Waals surface area contributed by atoms with Gasteiger partial charge in [0, 0.05) is 55.8 Å². The van der Waals surface area contributed by atoms with E-state index in [1.54, 1.807) is 0 Å². The maximum Gasteiger partial charge on any atom is 0.227 e. The molecule has 1 aromatic rings. The van der Waals surface area contributed by atoms with E-state index >= 15 is 0 Å². The average Bonchev–Trinajstić information content (AvgIpc) is 2.64. The molecule has 150 valence electrons. The lowest BCUT2D eigenvalue weighted by Gasteiger charge is -2.29. The number of benzene rings is 1. The highest BCUT2D eigenvalue weighted by Crippen LogP contribution is 2.23. The number of rotatable bonds is 5. The summed E-state index contributed by atoms with van der Waals surface area (Å²) in [6.07, 6.45) is 2.37. The molecule has 2 saturated heterocycles. The smallest absolute Gasteiger partial charge is 0.227 e. The number of nitrogens with one attached hydrogen (secondary N) is 1. The number of amides is 1. The van der Waals surface area contributed by atoms with Crippen molar-refractivity contribution in [2.75, 3.05) is 49.3 Å². The number of piperidine rings is 1. The molecule has 1 aromatic carbocycles. The average molecular weight is 412 g/mol. The monoisotopic (exact) mass is 411 g/mol. The van der Waals surface area contributed by atoms with Crippen LogP contribution >= 0.6 is 11.8 Å². The van der Waals surface area contributed by atoms with Crippen LogP contribution in [-0.2, 0) is 21.4 Å². The van der Waals surface area contributed by atoms with Crippen molar-refractivity contribution in [1.29, 1.82) is 0 Å². The zero-order valence-corrected chi connectivity index (χ0v) is 17.7. The van der Waals surface area contributed by atoms with Gasteiger partial charge < -0.3 is 5.32 Å². The van der Waals surface area contributed by atoms with Crippen LogP contribution in [0.5, 0.6) is 0 Å². The summed E-state index contributed by atoms with van der Waals surface area (Å²) in [5.74, 6) is 2.26. The maximum absolute atomic E-state index is 12.6. The van der Waals surface area contributed by atoms with Crippen LogP contribution in [0.15, 0.2) is 18.2 Å². The number of thioether (sulfide) groups is 1. The highest BCUT2D eigenvalue weighted by molar-refractivity contribution is 7.99. The number of carbonyl (C=O) groups excluding carboxylic acids is 1. The summed E-state index contributed by atoms with van der Waals surface area (Å²) in [6.45, 7) is 6.09. The van der Waals surface area contributed by atoms with Crippen LogP contribution in [0.4, 0.5) is 5.69 Å². The Morgan fingerprint density at radius 2 is 1.85 bits per heavy atom. The van der Waals surface area contributed by atoms with Crippen molar-refractivity contribution in [2.24, 2.45) is 5.92 Å². The third-order valence-electron chi connectivity index (χ3n) is 5.35. The lowest BCUT2D eigenvalue weighted by Crippen LogP contribution is -2.40. The molecule has 0 aliphatic carbocycles. The maximum atomic E-state index is 12.6. The standard InChI is InChI=1S/C19H29N3O3S2/c1-15-13-16(14-21-9-11-26-12-10-21)3-4-18(15)20-19(23)17-5-7-22(8-6-17)27(2,24)25/h3-4,13,17H,5-12,14H2,1-2H3,(H,20,23). The summed E-state index contributed by atoms with van der Waals surface area (Å²) in [7, 11) is -3.16. The summed E-state index contributed by atoms with van der Waals surface area (Å²) in [6, 6.07) is 6.24. The van der Waals surface area contributed by atoms with Crippen molar-refractivity contribution in [2.45, 2.75) is 26.3 Å². The Balaban J connectivity index is 1.55. The number of aryl methyl sites for hydroxylation is 1. The minimum absolute atomic E-state index is 0.00736. The predicted molar refractivity (Wildman–Crippen MR) is 112 cm³/mol. The number of anilines is 1. The molecule has 1 amide bonds. The Kier molecular flexibility index (Phi) is 6.83. The van der Waals surface area contributed by atoms with Gasteiger partial charge in [-0.2, -0.15) is 11.8 Å². The van der Waals surface area contributed by atoms with Gasteiger partial charge in [0.05, 0.1) is 6.26 Å². The van der Waals surface area contributed by atoms with Crippen molar-refractivity contribution in [3.63, 3.8) is 0 Å². The van der Waals surface area contributed by atoms with E-state index in [4.69, 9.17) is 0 Å². The zero-order valence-electron chi connectivity index (χ0n) is 16.1. The van der Waals surface area contributed by atoms with E-state index in [9.17, 15) is 13.2 Å². The second kappa shape index (κ2) is 8.94. The van der Waals surface area contributed by atoms with Gasteiger partial charge in [-0.1, -0.05) is 12.1 Å². The van der Waals surface area contributed by atoms with E-state index in [1.165, 1.54) is 27.6 Å². The molecule has 0 spiro atoms. The molecule has 2 heterocycles. The highest BCUT2D eigenvalue weighted by Gasteiger charge is 2.29. The molecule has 2 fully saturated rings. The van der Waals surface area contributed by atoms with Gasteiger partial charge in [-0.15, -0.1) is 0 Å². The van der Waals surface area contributed by atoms with E-state index in [2.05, 4.69) is 22.3 Å². The number of carbonyl (C=O) groups is 1. The molecule has 3 rings (SSSR count). The van der Waals surface area contributed by atoms with Crippen molar-refractivity contribution in [3.8, 4) is 0 Å². The van der Waals surface area contributed by atoms with Gasteiger partial charge in [0.15, 0.2) is 0 Å². The minimum Gasteiger partial charge on any atom is -0.326 e. The van der Waals surface area contributed by atoms with Gasteiger partial charge in [0.1, 0.15) is 0 Å². The second-order valence-corrected chi connectivity index (χ2v) is 10.7. The SMILES string of the molecule is Cc1cc(CN2CCSCC2)ccc1NC(=O)C1CCN(S(C)(=O)=O)CC1. The molecular weight excluding hydrogens is 382 g/mol. The second-order valence-electron chi connectivity index (χ2n) is 7.46. The fraction of sp³-hybridized carbons (Fsp3) is 0.632.